The first kappa shape index (κ1) is 13.7. The highest BCUT2D eigenvalue weighted by atomic mass is 35.5. The molecule has 0 bridgehead atoms. The van der Waals surface area contributed by atoms with Crippen molar-refractivity contribution < 1.29 is 10.0 Å². The number of hydrogen-bond acceptors (Lipinski definition) is 5. The van der Waals surface area contributed by atoms with E-state index < -0.39 is 4.92 Å². The second kappa shape index (κ2) is 5.79. The summed E-state index contributed by atoms with van der Waals surface area (Å²) < 4.78 is 0. The van der Waals surface area contributed by atoms with Crippen molar-refractivity contribution in [2.45, 2.75) is 19.9 Å². The number of aliphatic hydroxyl groups excluding tert-OH is 1. The topological polar surface area (TPSA) is 79.5 Å². The molecule has 0 atom stereocenters. The number of hydrogen-bond donors (Lipinski definition) is 1. The Labute approximate surface area is 104 Å². The number of aromatic nitrogens is 1. The van der Waals surface area contributed by atoms with Gasteiger partial charge in [0.25, 0.3) is 5.69 Å². The first-order valence-corrected chi connectivity index (χ1v) is 5.52. The van der Waals surface area contributed by atoms with Crippen molar-refractivity contribution in [3.05, 3.63) is 27.4 Å². The van der Waals surface area contributed by atoms with Crippen molar-refractivity contribution in [3.63, 3.8) is 0 Å². The van der Waals surface area contributed by atoms with Crippen LogP contribution in [0.3, 0.4) is 0 Å². The maximum Gasteiger partial charge on any atom is 0.289 e. The molecule has 0 aliphatic rings. The third-order valence-electron chi connectivity index (χ3n) is 2.25. The molecular formula is C10H14ClN3O3. The van der Waals surface area contributed by atoms with Gasteiger partial charge in [-0.15, -0.1) is 0 Å². The minimum Gasteiger partial charge on any atom is -0.395 e. The van der Waals surface area contributed by atoms with Gasteiger partial charge in [0.2, 0.25) is 0 Å². The van der Waals surface area contributed by atoms with E-state index in [1.54, 1.807) is 4.90 Å². The molecule has 0 aromatic carbocycles. The number of nitrogens with zero attached hydrogens (tertiary/aromatic N) is 3. The van der Waals surface area contributed by atoms with Crippen molar-refractivity contribution in [1.82, 2.24) is 4.98 Å². The molecule has 0 unspecified atom stereocenters. The highest BCUT2D eigenvalue weighted by Crippen LogP contribution is 2.27. The lowest BCUT2D eigenvalue weighted by Gasteiger charge is -2.27. The van der Waals surface area contributed by atoms with Crippen LogP contribution in [0.1, 0.15) is 13.8 Å². The van der Waals surface area contributed by atoms with E-state index in [-0.39, 0.29) is 23.4 Å². The Hall–Kier alpha value is -1.40. The molecule has 0 saturated heterocycles. The highest BCUT2D eigenvalue weighted by Gasteiger charge is 2.17. The molecule has 0 radical (unpaired) electrons. The molecule has 0 amide bonds. The van der Waals surface area contributed by atoms with Gasteiger partial charge in [-0.1, -0.05) is 11.6 Å². The molecule has 94 valence electrons. The van der Waals surface area contributed by atoms with Gasteiger partial charge in [-0.25, -0.2) is 4.98 Å². The van der Waals surface area contributed by atoms with Crippen LogP contribution in [0.4, 0.5) is 11.5 Å². The molecule has 17 heavy (non-hydrogen) atoms. The standard InChI is InChI=1S/C10H14ClN3O3/c1-7(2)13(3-4-15)10-9(11)5-8(6-12-10)14(16)17/h5-7,15H,3-4H2,1-2H3. The number of nitro groups is 1. The van der Waals surface area contributed by atoms with E-state index >= 15 is 0 Å². The molecule has 1 heterocycles. The number of pyridine rings is 1. The van der Waals surface area contributed by atoms with Crippen LogP contribution >= 0.6 is 11.6 Å². The van der Waals surface area contributed by atoms with E-state index in [1.807, 2.05) is 13.8 Å². The molecule has 1 rings (SSSR count). The molecule has 0 aliphatic heterocycles. The summed E-state index contributed by atoms with van der Waals surface area (Å²) in [5.74, 6) is 0.446. The Morgan fingerprint density at radius 1 is 1.65 bits per heavy atom. The zero-order chi connectivity index (χ0) is 13.0. The Balaban J connectivity index is 3.08. The summed E-state index contributed by atoms with van der Waals surface area (Å²) in [6.07, 6.45) is 1.16. The van der Waals surface area contributed by atoms with Crippen molar-refractivity contribution in [1.29, 1.82) is 0 Å². The van der Waals surface area contributed by atoms with E-state index in [4.69, 9.17) is 16.7 Å². The van der Waals surface area contributed by atoms with E-state index in [9.17, 15) is 10.1 Å². The number of anilines is 1. The molecule has 0 saturated carbocycles. The third kappa shape index (κ3) is 3.28. The zero-order valence-electron chi connectivity index (χ0n) is 9.63. The minimum atomic E-state index is -0.547. The van der Waals surface area contributed by atoms with Crippen LogP contribution in [0.5, 0.6) is 0 Å². The van der Waals surface area contributed by atoms with Gasteiger partial charge in [-0.05, 0) is 13.8 Å². The fourth-order valence-corrected chi connectivity index (χ4v) is 1.72. The first-order valence-electron chi connectivity index (χ1n) is 5.14. The summed E-state index contributed by atoms with van der Waals surface area (Å²) in [5, 5.41) is 19.7. The highest BCUT2D eigenvalue weighted by molar-refractivity contribution is 6.33. The largest absolute Gasteiger partial charge is 0.395 e. The van der Waals surface area contributed by atoms with E-state index in [1.165, 1.54) is 6.07 Å². The predicted molar refractivity (Wildman–Crippen MR) is 65.5 cm³/mol. The van der Waals surface area contributed by atoms with Gasteiger partial charge in [0, 0.05) is 18.7 Å². The van der Waals surface area contributed by atoms with Crippen LogP contribution in [0, 0.1) is 10.1 Å². The van der Waals surface area contributed by atoms with Crippen LogP contribution in [-0.2, 0) is 0 Å². The minimum absolute atomic E-state index is 0.0345. The van der Waals surface area contributed by atoms with Crippen molar-refractivity contribution in [2.75, 3.05) is 18.1 Å². The zero-order valence-corrected chi connectivity index (χ0v) is 10.4. The monoisotopic (exact) mass is 259 g/mol. The summed E-state index contributed by atoms with van der Waals surface area (Å²) in [7, 11) is 0. The maximum atomic E-state index is 10.5. The SMILES string of the molecule is CC(C)N(CCO)c1ncc([N+](=O)[O-])cc1Cl. The van der Waals surface area contributed by atoms with Crippen LogP contribution in [0.15, 0.2) is 12.3 Å². The van der Waals surface area contributed by atoms with E-state index in [2.05, 4.69) is 4.98 Å². The van der Waals surface area contributed by atoms with Gasteiger partial charge < -0.3 is 10.0 Å². The number of rotatable bonds is 5. The first-order chi connectivity index (χ1) is 7.97. The summed E-state index contributed by atoms with van der Waals surface area (Å²) in [6, 6.07) is 1.35. The summed E-state index contributed by atoms with van der Waals surface area (Å²) in [6.45, 7) is 4.19. The average Bonchev–Trinajstić information content (AvgIpc) is 2.26. The molecule has 1 aromatic rings. The lowest BCUT2D eigenvalue weighted by atomic mass is 10.3. The summed E-state index contributed by atoms with van der Waals surface area (Å²) in [4.78, 5) is 15.8. The van der Waals surface area contributed by atoms with Gasteiger partial charge >= 0.3 is 0 Å². The van der Waals surface area contributed by atoms with Crippen LogP contribution < -0.4 is 4.90 Å². The van der Waals surface area contributed by atoms with Gasteiger partial charge in [0.1, 0.15) is 12.0 Å². The smallest absolute Gasteiger partial charge is 0.289 e. The number of aliphatic hydroxyl groups is 1. The quantitative estimate of drug-likeness (QED) is 0.645. The van der Waals surface area contributed by atoms with E-state index in [0.29, 0.717) is 12.4 Å². The maximum absolute atomic E-state index is 10.5. The van der Waals surface area contributed by atoms with Crippen molar-refractivity contribution >= 4 is 23.1 Å². The van der Waals surface area contributed by atoms with E-state index in [0.717, 1.165) is 6.20 Å². The summed E-state index contributed by atoms with van der Waals surface area (Å²) in [5.41, 5.74) is -0.147. The molecule has 7 heteroatoms. The second-order valence-corrected chi connectivity index (χ2v) is 4.17. The Morgan fingerprint density at radius 2 is 2.29 bits per heavy atom. The van der Waals surface area contributed by atoms with Crippen LogP contribution in [0.25, 0.3) is 0 Å². The molecule has 0 fully saturated rings. The van der Waals surface area contributed by atoms with Crippen LogP contribution in [-0.4, -0.2) is 34.2 Å². The van der Waals surface area contributed by atoms with Gasteiger partial charge in [0.15, 0.2) is 0 Å². The fraction of sp³-hybridized carbons (Fsp3) is 0.500. The van der Waals surface area contributed by atoms with Gasteiger partial charge in [0.05, 0.1) is 16.6 Å². The second-order valence-electron chi connectivity index (χ2n) is 3.77. The Morgan fingerprint density at radius 3 is 2.71 bits per heavy atom. The lowest BCUT2D eigenvalue weighted by Crippen LogP contribution is -2.34. The third-order valence-corrected chi connectivity index (χ3v) is 2.53. The molecule has 6 nitrogen and oxygen atoms in total. The Bertz CT molecular complexity index is 412. The molecular weight excluding hydrogens is 246 g/mol. The van der Waals surface area contributed by atoms with Gasteiger partial charge in [-0.3, -0.25) is 10.1 Å². The predicted octanol–water partition coefficient (Wildman–Crippen LogP) is 1.85. The normalized spacial score (nSPS) is 10.6. The van der Waals surface area contributed by atoms with Gasteiger partial charge in [-0.2, -0.15) is 0 Å². The summed E-state index contributed by atoms with van der Waals surface area (Å²) >= 11 is 5.96. The van der Waals surface area contributed by atoms with Crippen molar-refractivity contribution in [2.24, 2.45) is 0 Å². The molecule has 0 spiro atoms. The van der Waals surface area contributed by atoms with Crippen molar-refractivity contribution in [3.8, 4) is 0 Å². The fourth-order valence-electron chi connectivity index (χ4n) is 1.45. The lowest BCUT2D eigenvalue weighted by molar-refractivity contribution is -0.385. The molecule has 0 aliphatic carbocycles. The van der Waals surface area contributed by atoms with Crippen LogP contribution in [0.2, 0.25) is 5.02 Å². The number of halogens is 1. The molecule has 1 aromatic heterocycles. The average molecular weight is 260 g/mol. The Kier molecular flexibility index (Phi) is 4.65. The molecule has 1 N–H and O–H groups in total.